The highest BCUT2D eigenvalue weighted by Crippen LogP contribution is 2.17. The van der Waals surface area contributed by atoms with Crippen molar-refractivity contribution in [1.29, 1.82) is 5.26 Å². The molecule has 4 nitrogen and oxygen atoms in total. The average Bonchev–Trinajstić information content (AvgIpc) is 2.93. The summed E-state index contributed by atoms with van der Waals surface area (Å²) in [4.78, 5) is 13.7. The predicted molar refractivity (Wildman–Crippen MR) is 72.0 cm³/mol. The summed E-state index contributed by atoms with van der Waals surface area (Å²) in [7, 11) is 0. The highest BCUT2D eigenvalue weighted by Gasteiger charge is 2.26. The lowest BCUT2D eigenvalue weighted by molar-refractivity contribution is -0.127. The largest absolute Gasteiger partial charge is 0.394 e. The van der Waals surface area contributed by atoms with E-state index >= 15 is 0 Å². The van der Waals surface area contributed by atoms with Crippen molar-refractivity contribution in [3.8, 4) is 6.07 Å². The van der Waals surface area contributed by atoms with E-state index in [4.69, 9.17) is 5.26 Å². The average molecular weight is 256 g/mol. The minimum Gasteiger partial charge on any atom is -0.394 e. The fraction of sp³-hybridized carbons (Fsp3) is 0.333. The smallest absolute Gasteiger partial charge is 0.246 e. The number of aliphatic hydroxyl groups is 1. The number of likely N-dealkylation sites (tertiary alicyclic amines) is 1. The quantitative estimate of drug-likeness (QED) is 0.835. The van der Waals surface area contributed by atoms with Gasteiger partial charge < -0.3 is 10.0 Å². The highest BCUT2D eigenvalue weighted by molar-refractivity contribution is 5.92. The summed E-state index contributed by atoms with van der Waals surface area (Å²) in [5.74, 6) is -0.0843. The van der Waals surface area contributed by atoms with Crippen LogP contribution in [0, 0.1) is 11.3 Å². The Hall–Kier alpha value is -2.12. The first-order chi connectivity index (χ1) is 9.24. The zero-order valence-electron chi connectivity index (χ0n) is 10.6. The molecule has 4 heteroatoms. The maximum atomic E-state index is 12.0. The van der Waals surface area contributed by atoms with Crippen LogP contribution in [0.2, 0.25) is 0 Å². The second-order valence-corrected chi connectivity index (χ2v) is 4.58. The molecule has 0 aromatic heterocycles. The number of hydrogen-bond donors (Lipinski definition) is 1. The van der Waals surface area contributed by atoms with E-state index in [0.29, 0.717) is 12.1 Å². The maximum Gasteiger partial charge on any atom is 0.246 e. The third-order valence-corrected chi connectivity index (χ3v) is 3.31. The summed E-state index contributed by atoms with van der Waals surface area (Å²) in [6.45, 7) is 0.718. The molecule has 1 aliphatic heterocycles. The van der Waals surface area contributed by atoms with Gasteiger partial charge in [0.2, 0.25) is 5.91 Å². The Morgan fingerprint density at radius 1 is 1.58 bits per heavy atom. The van der Waals surface area contributed by atoms with Crippen LogP contribution in [0.25, 0.3) is 6.08 Å². The van der Waals surface area contributed by atoms with E-state index in [1.807, 2.05) is 6.07 Å². The first-order valence-electron chi connectivity index (χ1n) is 6.34. The van der Waals surface area contributed by atoms with E-state index in [-0.39, 0.29) is 18.6 Å². The van der Waals surface area contributed by atoms with Gasteiger partial charge >= 0.3 is 0 Å². The van der Waals surface area contributed by atoms with Gasteiger partial charge in [-0.15, -0.1) is 0 Å². The Labute approximate surface area is 112 Å². The van der Waals surface area contributed by atoms with Crippen LogP contribution >= 0.6 is 0 Å². The third kappa shape index (κ3) is 3.21. The van der Waals surface area contributed by atoms with Gasteiger partial charge in [0.15, 0.2) is 0 Å². The molecule has 0 spiro atoms. The monoisotopic (exact) mass is 256 g/mol. The number of benzene rings is 1. The standard InChI is InChI=1S/C15H16N2O2/c16-10-13-4-1-3-12(9-13)6-7-15(19)17-8-2-5-14(17)11-18/h1,3-4,6-7,9,14,18H,2,5,8,11H2/t14-/m1/s1. The Morgan fingerprint density at radius 2 is 2.42 bits per heavy atom. The minimum absolute atomic E-state index is 0.0174. The normalized spacial score (nSPS) is 18.7. The van der Waals surface area contributed by atoms with Crippen LogP contribution in [0.15, 0.2) is 30.3 Å². The van der Waals surface area contributed by atoms with E-state index in [1.54, 1.807) is 29.2 Å². The Morgan fingerprint density at radius 3 is 3.16 bits per heavy atom. The molecule has 0 radical (unpaired) electrons. The minimum atomic E-state index is -0.0843. The Bertz CT molecular complexity index is 531. The SMILES string of the molecule is N#Cc1cccc(C=CC(=O)N2CCC[C@@H]2CO)c1. The molecule has 98 valence electrons. The molecule has 0 saturated carbocycles. The van der Waals surface area contributed by atoms with Crippen molar-refractivity contribution in [2.75, 3.05) is 13.2 Å². The number of carbonyl (C=O) groups excluding carboxylic acids is 1. The molecule has 1 aromatic rings. The molecule has 1 aliphatic rings. The number of amides is 1. The van der Waals surface area contributed by atoms with Gasteiger partial charge in [-0.3, -0.25) is 4.79 Å². The van der Waals surface area contributed by atoms with E-state index in [1.165, 1.54) is 6.08 Å². The van der Waals surface area contributed by atoms with Crippen LogP contribution in [0.5, 0.6) is 0 Å². The number of rotatable bonds is 3. The van der Waals surface area contributed by atoms with Crippen molar-refractivity contribution >= 4 is 12.0 Å². The fourth-order valence-corrected chi connectivity index (χ4v) is 2.29. The van der Waals surface area contributed by atoms with Gasteiger partial charge in [0.1, 0.15) is 0 Å². The van der Waals surface area contributed by atoms with E-state index in [2.05, 4.69) is 6.07 Å². The molecular formula is C15H16N2O2. The number of nitrogens with zero attached hydrogens (tertiary/aromatic N) is 2. The summed E-state index contributed by atoms with van der Waals surface area (Å²) in [6.07, 6.45) is 5.01. The molecule has 1 N–H and O–H groups in total. The number of hydrogen-bond acceptors (Lipinski definition) is 3. The van der Waals surface area contributed by atoms with Gasteiger partial charge in [0.25, 0.3) is 0 Å². The molecule has 0 bridgehead atoms. The van der Waals surface area contributed by atoms with Crippen molar-refractivity contribution in [3.05, 3.63) is 41.5 Å². The van der Waals surface area contributed by atoms with Crippen molar-refractivity contribution in [2.24, 2.45) is 0 Å². The van der Waals surface area contributed by atoms with Gasteiger partial charge in [0, 0.05) is 12.6 Å². The highest BCUT2D eigenvalue weighted by atomic mass is 16.3. The van der Waals surface area contributed by atoms with Gasteiger partial charge in [-0.1, -0.05) is 12.1 Å². The summed E-state index contributed by atoms with van der Waals surface area (Å²) in [5, 5.41) is 18.0. The van der Waals surface area contributed by atoms with Crippen LogP contribution in [0.1, 0.15) is 24.0 Å². The zero-order chi connectivity index (χ0) is 13.7. The predicted octanol–water partition coefficient (Wildman–Crippen LogP) is 1.55. The maximum absolute atomic E-state index is 12.0. The topological polar surface area (TPSA) is 64.3 Å². The third-order valence-electron chi connectivity index (χ3n) is 3.31. The molecular weight excluding hydrogens is 240 g/mol. The van der Waals surface area contributed by atoms with Crippen LogP contribution < -0.4 is 0 Å². The van der Waals surface area contributed by atoms with Crippen LogP contribution in [0.3, 0.4) is 0 Å². The number of aliphatic hydroxyl groups excluding tert-OH is 1. The summed E-state index contributed by atoms with van der Waals surface area (Å²) >= 11 is 0. The van der Waals surface area contributed by atoms with E-state index in [9.17, 15) is 9.90 Å². The molecule has 1 aromatic carbocycles. The van der Waals surface area contributed by atoms with Gasteiger partial charge in [0.05, 0.1) is 24.3 Å². The number of carbonyl (C=O) groups is 1. The lowest BCUT2D eigenvalue weighted by atomic mass is 10.1. The molecule has 1 saturated heterocycles. The van der Waals surface area contributed by atoms with Gasteiger partial charge in [-0.05, 0) is 36.6 Å². The van der Waals surface area contributed by atoms with Crippen LogP contribution in [-0.2, 0) is 4.79 Å². The van der Waals surface area contributed by atoms with Crippen LogP contribution in [-0.4, -0.2) is 35.1 Å². The van der Waals surface area contributed by atoms with Crippen molar-refractivity contribution in [2.45, 2.75) is 18.9 Å². The Kier molecular flexibility index (Phi) is 4.32. The number of nitriles is 1. The van der Waals surface area contributed by atoms with Crippen molar-refractivity contribution in [1.82, 2.24) is 4.90 Å². The lowest BCUT2D eigenvalue weighted by Crippen LogP contribution is -2.36. The van der Waals surface area contributed by atoms with E-state index < -0.39 is 0 Å². The zero-order valence-corrected chi connectivity index (χ0v) is 10.6. The second kappa shape index (κ2) is 6.17. The summed E-state index contributed by atoms with van der Waals surface area (Å²) in [5.41, 5.74) is 1.40. The molecule has 1 amide bonds. The van der Waals surface area contributed by atoms with Crippen LogP contribution in [0.4, 0.5) is 0 Å². The molecule has 1 atom stereocenters. The molecule has 1 heterocycles. The Balaban J connectivity index is 2.05. The molecule has 19 heavy (non-hydrogen) atoms. The van der Waals surface area contributed by atoms with Crippen molar-refractivity contribution in [3.63, 3.8) is 0 Å². The second-order valence-electron chi connectivity index (χ2n) is 4.58. The first kappa shape index (κ1) is 13.3. The lowest BCUT2D eigenvalue weighted by Gasteiger charge is -2.21. The first-order valence-corrected chi connectivity index (χ1v) is 6.34. The summed E-state index contributed by atoms with van der Waals surface area (Å²) in [6, 6.07) is 9.10. The fourth-order valence-electron chi connectivity index (χ4n) is 2.29. The van der Waals surface area contributed by atoms with E-state index in [0.717, 1.165) is 18.4 Å². The summed E-state index contributed by atoms with van der Waals surface area (Å²) < 4.78 is 0. The van der Waals surface area contributed by atoms with Gasteiger partial charge in [-0.2, -0.15) is 5.26 Å². The molecule has 0 aliphatic carbocycles. The van der Waals surface area contributed by atoms with Gasteiger partial charge in [-0.25, -0.2) is 0 Å². The molecule has 1 fully saturated rings. The molecule has 2 rings (SSSR count). The molecule has 0 unspecified atom stereocenters. The van der Waals surface area contributed by atoms with Crippen molar-refractivity contribution < 1.29 is 9.90 Å².